The Morgan fingerprint density at radius 1 is 1.18 bits per heavy atom. The minimum Gasteiger partial charge on any atom is -0.506 e. The van der Waals surface area contributed by atoms with Crippen molar-refractivity contribution in [2.45, 2.75) is 6.92 Å². The van der Waals surface area contributed by atoms with Gasteiger partial charge in [0.2, 0.25) is 0 Å². The molecule has 0 bridgehead atoms. The van der Waals surface area contributed by atoms with Crippen molar-refractivity contribution in [3.63, 3.8) is 0 Å². The van der Waals surface area contributed by atoms with E-state index >= 15 is 0 Å². The highest BCUT2D eigenvalue weighted by Crippen LogP contribution is 2.26. The molecule has 0 radical (unpaired) electrons. The molecule has 0 aliphatic rings. The highest BCUT2D eigenvalue weighted by molar-refractivity contribution is 7.13. The van der Waals surface area contributed by atoms with Crippen LogP contribution in [0.2, 0.25) is 0 Å². The molecule has 3 rings (SSSR count). The number of benzene rings is 2. The van der Waals surface area contributed by atoms with Crippen LogP contribution in [0.1, 0.15) is 16.1 Å². The average Bonchev–Trinajstić information content (AvgIpc) is 3.01. The van der Waals surface area contributed by atoms with E-state index in [1.54, 1.807) is 17.5 Å². The number of nitrogens with zero attached hydrogens (tertiary/aromatic N) is 1. The minimum atomic E-state index is -0.336. The first-order chi connectivity index (χ1) is 10.6. The lowest BCUT2D eigenvalue weighted by atomic mass is 10.2. The average molecular weight is 310 g/mol. The summed E-state index contributed by atoms with van der Waals surface area (Å²) < 4.78 is 0. The number of nitrogens with one attached hydrogen (secondary N) is 1. The van der Waals surface area contributed by atoms with E-state index in [0.29, 0.717) is 11.4 Å². The molecule has 0 spiro atoms. The van der Waals surface area contributed by atoms with Crippen LogP contribution in [0.15, 0.2) is 53.9 Å². The number of aromatic hydroxyl groups is 1. The van der Waals surface area contributed by atoms with E-state index in [-0.39, 0.29) is 11.7 Å². The van der Waals surface area contributed by atoms with Gasteiger partial charge < -0.3 is 10.4 Å². The van der Waals surface area contributed by atoms with Crippen molar-refractivity contribution in [3.05, 3.63) is 65.2 Å². The first-order valence-corrected chi connectivity index (χ1v) is 7.63. The Kier molecular flexibility index (Phi) is 3.89. The Bertz CT molecular complexity index is 813. The summed E-state index contributed by atoms with van der Waals surface area (Å²) in [6.45, 7) is 1.87. The van der Waals surface area contributed by atoms with Gasteiger partial charge in [-0.25, -0.2) is 4.98 Å². The zero-order chi connectivity index (χ0) is 15.5. The maximum atomic E-state index is 12.2. The molecule has 2 aromatic carbocycles. The molecule has 2 N–H and O–H groups in total. The number of carbonyl (C=O) groups is 1. The Labute approximate surface area is 132 Å². The van der Waals surface area contributed by atoms with Crippen molar-refractivity contribution in [2.75, 3.05) is 5.32 Å². The second-order valence-corrected chi connectivity index (χ2v) is 5.74. The summed E-state index contributed by atoms with van der Waals surface area (Å²) >= 11 is 1.41. The lowest BCUT2D eigenvalue weighted by molar-refractivity contribution is 0.102. The van der Waals surface area contributed by atoms with E-state index in [2.05, 4.69) is 10.3 Å². The number of aromatic nitrogens is 1. The summed E-state index contributed by atoms with van der Waals surface area (Å²) in [6.07, 6.45) is 0. The Morgan fingerprint density at radius 3 is 2.68 bits per heavy atom. The first-order valence-electron chi connectivity index (χ1n) is 6.75. The van der Waals surface area contributed by atoms with Crippen LogP contribution in [-0.4, -0.2) is 16.0 Å². The molecular formula is C17H14N2O2S. The van der Waals surface area contributed by atoms with Crippen LogP contribution in [-0.2, 0) is 0 Å². The SMILES string of the molecule is Cc1ccc(NC(=O)c2csc(-c3ccccc3)n2)c(O)c1. The number of amides is 1. The van der Waals surface area contributed by atoms with Gasteiger partial charge in [0.05, 0.1) is 5.69 Å². The van der Waals surface area contributed by atoms with Crippen LogP contribution in [0.4, 0.5) is 5.69 Å². The lowest BCUT2D eigenvalue weighted by Gasteiger charge is -2.06. The summed E-state index contributed by atoms with van der Waals surface area (Å²) in [6, 6.07) is 14.8. The smallest absolute Gasteiger partial charge is 0.275 e. The van der Waals surface area contributed by atoms with Gasteiger partial charge in [-0.3, -0.25) is 4.79 Å². The summed E-state index contributed by atoms with van der Waals surface area (Å²) in [7, 11) is 0. The largest absolute Gasteiger partial charge is 0.506 e. The van der Waals surface area contributed by atoms with Gasteiger partial charge in [-0.1, -0.05) is 36.4 Å². The molecule has 0 saturated heterocycles. The number of hydrogen-bond acceptors (Lipinski definition) is 4. The first kappa shape index (κ1) is 14.3. The van der Waals surface area contributed by atoms with Crippen molar-refractivity contribution in [1.29, 1.82) is 0 Å². The summed E-state index contributed by atoms with van der Waals surface area (Å²) in [5, 5.41) is 15.0. The van der Waals surface area contributed by atoms with Gasteiger partial charge >= 0.3 is 0 Å². The Balaban J connectivity index is 1.80. The molecule has 3 aromatic rings. The van der Waals surface area contributed by atoms with E-state index in [4.69, 9.17) is 0 Å². The van der Waals surface area contributed by atoms with Gasteiger partial charge in [0, 0.05) is 10.9 Å². The third-order valence-electron chi connectivity index (χ3n) is 3.16. The number of hydrogen-bond donors (Lipinski definition) is 2. The van der Waals surface area contributed by atoms with Crippen LogP contribution in [0, 0.1) is 6.92 Å². The van der Waals surface area contributed by atoms with Crippen LogP contribution < -0.4 is 5.32 Å². The zero-order valence-corrected chi connectivity index (χ0v) is 12.7. The van der Waals surface area contributed by atoms with E-state index in [0.717, 1.165) is 16.1 Å². The van der Waals surface area contributed by atoms with E-state index in [9.17, 15) is 9.90 Å². The molecule has 1 aromatic heterocycles. The van der Waals surface area contributed by atoms with Crippen molar-refractivity contribution in [3.8, 4) is 16.3 Å². The number of thiazole rings is 1. The molecular weight excluding hydrogens is 296 g/mol. The maximum Gasteiger partial charge on any atom is 0.275 e. The zero-order valence-electron chi connectivity index (χ0n) is 11.9. The van der Waals surface area contributed by atoms with Gasteiger partial charge in [-0.15, -0.1) is 11.3 Å². The van der Waals surface area contributed by atoms with Crippen LogP contribution in [0.3, 0.4) is 0 Å². The summed E-state index contributed by atoms with van der Waals surface area (Å²) in [5.74, 6) is -0.288. The molecule has 0 aliphatic heterocycles. The highest BCUT2D eigenvalue weighted by Gasteiger charge is 2.13. The molecule has 0 fully saturated rings. The monoisotopic (exact) mass is 310 g/mol. The van der Waals surface area contributed by atoms with Gasteiger partial charge in [-0.2, -0.15) is 0 Å². The summed E-state index contributed by atoms with van der Waals surface area (Å²) in [4.78, 5) is 16.6. The van der Waals surface area contributed by atoms with E-state index in [1.165, 1.54) is 11.3 Å². The molecule has 0 saturated carbocycles. The van der Waals surface area contributed by atoms with Gasteiger partial charge in [0.1, 0.15) is 16.5 Å². The number of aryl methyl sites for hydroxylation is 1. The molecule has 22 heavy (non-hydrogen) atoms. The number of rotatable bonds is 3. The molecule has 1 heterocycles. The molecule has 110 valence electrons. The second-order valence-electron chi connectivity index (χ2n) is 4.88. The van der Waals surface area contributed by atoms with Gasteiger partial charge in [-0.05, 0) is 24.6 Å². The van der Waals surface area contributed by atoms with Crippen molar-refractivity contribution < 1.29 is 9.90 Å². The Morgan fingerprint density at radius 2 is 1.95 bits per heavy atom. The number of phenols is 1. The molecule has 1 amide bonds. The van der Waals surface area contributed by atoms with E-state index in [1.807, 2.05) is 43.3 Å². The quantitative estimate of drug-likeness (QED) is 0.717. The van der Waals surface area contributed by atoms with Crippen molar-refractivity contribution in [2.24, 2.45) is 0 Å². The maximum absolute atomic E-state index is 12.2. The Hall–Kier alpha value is -2.66. The molecule has 4 nitrogen and oxygen atoms in total. The van der Waals surface area contributed by atoms with Crippen molar-refractivity contribution >= 4 is 22.9 Å². The third-order valence-corrected chi connectivity index (χ3v) is 4.05. The van der Waals surface area contributed by atoms with Crippen molar-refractivity contribution in [1.82, 2.24) is 4.98 Å². The third kappa shape index (κ3) is 2.99. The molecule has 0 atom stereocenters. The number of anilines is 1. The fourth-order valence-corrected chi connectivity index (χ4v) is 2.83. The molecule has 0 unspecified atom stereocenters. The fourth-order valence-electron chi connectivity index (χ4n) is 2.03. The predicted octanol–water partition coefficient (Wildman–Crippen LogP) is 4.08. The standard InChI is InChI=1S/C17H14N2O2S/c1-11-7-8-13(15(20)9-11)18-16(21)14-10-22-17(19-14)12-5-3-2-4-6-12/h2-10,20H,1H3,(H,18,21). The van der Waals surface area contributed by atoms with Crippen LogP contribution in [0.5, 0.6) is 5.75 Å². The number of carbonyl (C=O) groups excluding carboxylic acids is 1. The summed E-state index contributed by atoms with van der Waals surface area (Å²) in [5.41, 5.74) is 2.62. The highest BCUT2D eigenvalue weighted by atomic mass is 32.1. The predicted molar refractivity (Wildman–Crippen MR) is 88.3 cm³/mol. The van der Waals surface area contributed by atoms with Gasteiger partial charge in [0.15, 0.2) is 0 Å². The molecule has 0 aliphatic carbocycles. The topological polar surface area (TPSA) is 62.2 Å². The lowest BCUT2D eigenvalue weighted by Crippen LogP contribution is -2.12. The van der Waals surface area contributed by atoms with E-state index < -0.39 is 0 Å². The van der Waals surface area contributed by atoms with Crippen LogP contribution >= 0.6 is 11.3 Å². The normalized spacial score (nSPS) is 10.4. The minimum absolute atomic E-state index is 0.0480. The van der Waals surface area contributed by atoms with Gasteiger partial charge in [0.25, 0.3) is 5.91 Å². The fraction of sp³-hybridized carbons (Fsp3) is 0.0588. The second kappa shape index (κ2) is 5.99. The number of phenolic OH excluding ortho intramolecular Hbond substituents is 1. The van der Waals surface area contributed by atoms with Crippen LogP contribution in [0.25, 0.3) is 10.6 Å². The molecule has 5 heteroatoms.